The van der Waals surface area contributed by atoms with Gasteiger partial charge in [-0.25, -0.2) is 0 Å². The number of methoxy groups -OCH3 is 1. The first-order chi connectivity index (χ1) is 12.5. The van der Waals surface area contributed by atoms with E-state index in [2.05, 4.69) is 9.72 Å². The first kappa shape index (κ1) is 21.4. The van der Waals surface area contributed by atoms with E-state index in [0.29, 0.717) is 22.2 Å². The predicted octanol–water partition coefficient (Wildman–Crippen LogP) is 3.73. The van der Waals surface area contributed by atoms with Crippen LogP contribution in [0.5, 0.6) is 11.5 Å². The van der Waals surface area contributed by atoms with Crippen molar-refractivity contribution in [3.63, 3.8) is 0 Å². The quantitative estimate of drug-likeness (QED) is 0.716. The van der Waals surface area contributed by atoms with Crippen LogP contribution in [0.15, 0.2) is 42.6 Å². The number of likely N-dealkylation sites (N-methyl/N-ethyl adjacent to an activating group) is 1. The second-order valence-corrected chi connectivity index (χ2v) is 5.45. The number of nitrogens with zero attached hydrogens (tertiary/aromatic N) is 2. The van der Waals surface area contributed by atoms with Crippen LogP contribution in [0.2, 0.25) is 5.02 Å². The summed E-state index contributed by atoms with van der Waals surface area (Å²) in [4.78, 5) is 29.0. The monoisotopic (exact) mass is 378 g/mol. The van der Waals surface area contributed by atoms with Gasteiger partial charge in [-0.2, -0.15) is 0 Å². The molecule has 0 saturated heterocycles. The van der Waals surface area contributed by atoms with Crippen molar-refractivity contribution in [1.82, 2.24) is 9.88 Å². The summed E-state index contributed by atoms with van der Waals surface area (Å²) in [7, 11) is 2.80. The Morgan fingerprint density at radius 1 is 1.19 bits per heavy atom. The average Bonchev–Trinajstić information content (AvgIpc) is 2.64. The lowest BCUT2D eigenvalue weighted by atomic mass is 10.2. The molecule has 7 heteroatoms. The van der Waals surface area contributed by atoms with Gasteiger partial charge in [-0.1, -0.05) is 31.5 Å². The number of ether oxygens (including phenoxy) is 2. The second-order valence-electron chi connectivity index (χ2n) is 5.01. The van der Waals surface area contributed by atoms with Crippen molar-refractivity contribution in [1.29, 1.82) is 0 Å². The van der Waals surface area contributed by atoms with Crippen LogP contribution in [0.3, 0.4) is 0 Å². The van der Waals surface area contributed by atoms with Gasteiger partial charge in [-0.15, -0.1) is 0 Å². The van der Waals surface area contributed by atoms with Gasteiger partial charge in [0.25, 0.3) is 0 Å². The molecular formula is C19H23ClN2O4. The minimum atomic E-state index is -0.484. The van der Waals surface area contributed by atoms with E-state index in [4.69, 9.17) is 16.3 Å². The topological polar surface area (TPSA) is 68.7 Å². The van der Waals surface area contributed by atoms with E-state index < -0.39 is 5.97 Å². The van der Waals surface area contributed by atoms with Gasteiger partial charge in [0.15, 0.2) is 0 Å². The normalized spacial score (nSPS) is 9.58. The Hall–Kier alpha value is -2.60. The zero-order valence-electron chi connectivity index (χ0n) is 15.4. The Kier molecular flexibility index (Phi) is 9.15. The Labute approximate surface area is 158 Å². The number of esters is 1. The summed E-state index contributed by atoms with van der Waals surface area (Å²) in [5, 5.41) is 0.548. The molecule has 0 unspecified atom stereocenters. The molecule has 1 amide bonds. The van der Waals surface area contributed by atoms with E-state index in [1.165, 1.54) is 19.1 Å². The molecular weight excluding hydrogens is 356 g/mol. The number of halogens is 1. The first-order valence-corrected chi connectivity index (χ1v) is 8.55. The van der Waals surface area contributed by atoms with Gasteiger partial charge in [-0.05, 0) is 30.3 Å². The maximum absolute atomic E-state index is 12.2. The van der Waals surface area contributed by atoms with Crippen molar-refractivity contribution in [3.05, 3.63) is 53.3 Å². The molecule has 0 bridgehead atoms. The lowest BCUT2D eigenvalue weighted by molar-refractivity contribution is -0.145. The molecule has 0 atom stereocenters. The van der Waals surface area contributed by atoms with E-state index in [-0.39, 0.29) is 18.9 Å². The number of carbonyl (C=O) groups excluding carboxylic acids is 2. The highest BCUT2D eigenvalue weighted by molar-refractivity contribution is 6.30. The van der Waals surface area contributed by atoms with Crippen LogP contribution in [-0.2, 0) is 20.7 Å². The fraction of sp³-hybridized carbons (Fsp3) is 0.316. The van der Waals surface area contributed by atoms with Gasteiger partial charge >= 0.3 is 5.97 Å². The zero-order valence-corrected chi connectivity index (χ0v) is 16.1. The van der Waals surface area contributed by atoms with Crippen LogP contribution in [0.4, 0.5) is 0 Å². The number of rotatable bonds is 6. The van der Waals surface area contributed by atoms with Crippen LogP contribution in [0.1, 0.15) is 19.5 Å². The van der Waals surface area contributed by atoms with E-state index >= 15 is 0 Å². The van der Waals surface area contributed by atoms with Crippen LogP contribution >= 0.6 is 11.6 Å². The van der Waals surface area contributed by atoms with Crippen LogP contribution in [0.25, 0.3) is 0 Å². The lowest BCUT2D eigenvalue weighted by Gasteiger charge is -2.16. The number of carbonyl (C=O) groups is 2. The summed E-state index contributed by atoms with van der Waals surface area (Å²) < 4.78 is 10.3. The Morgan fingerprint density at radius 3 is 2.58 bits per heavy atom. The van der Waals surface area contributed by atoms with Crippen LogP contribution in [-0.4, -0.2) is 42.5 Å². The lowest BCUT2D eigenvalue weighted by Crippen LogP contribution is -2.33. The second kappa shape index (κ2) is 11.1. The molecule has 1 aromatic heterocycles. The molecule has 0 aliphatic carbocycles. The van der Waals surface area contributed by atoms with Crippen molar-refractivity contribution in [2.24, 2.45) is 0 Å². The summed E-state index contributed by atoms with van der Waals surface area (Å²) in [5.41, 5.74) is 0.471. The largest absolute Gasteiger partial charge is 0.468 e. The van der Waals surface area contributed by atoms with Gasteiger partial charge in [0.2, 0.25) is 5.91 Å². The molecule has 26 heavy (non-hydrogen) atoms. The van der Waals surface area contributed by atoms with Gasteiger partial charge < -0.3 is 14.4 Å². The maximum atomic E-state index is 12.2. The van der Waals surface area contributed by atoms with Crippen molar-refractivity contribution in [2.45, 2.75) is 20.3 Å². The van der Waals surface area contributed by atoms with E-state index in [1.54, 1.807) is 42.6 Å². The third kappa shape index (κ3) is 6.72. The minimum absolute atomic E-state index is 0.00420. The molecule has 6 nitrogen and oxygen atoms in total. The first-order valence-electron chi connectivity index (χ1n) is 8.17. The molecule has 1 heterocycles. The highest BCUT2D eigenvalue weighted by Crippen LogP contribution is 2.26. The smallest absolute Gasteiger partial charge is 0.325 e. The van der Waals surface area contributed by atoms with E-state index in [0.717, 1.165) is 0 Å². The SMILES string of the molecule is CC.COC(=O)CN(C)C(=O)Cc1ncccc1Oc1cccc(Cl)c1. The molecule has 0 spiro atoms. The molecule has 0 fully saturated rings. The maximum Gasteiger partial charge on any atom is 0.325 e. The summed E-state index contributed by atoms with van der Waals surface area (Å²) in [6, 6.07) is 10.4. The van der Waals surface area contributed by atoms with Crippen molar-refractivity contribution >= 4 is 23.5 Å². The minimum Gasteiger partial charge on any atom is -0.468 e. The molecule has 2 aromatic rings. The number of hydrogen-bond donors (Lipinski definition) is 0. The fourth-order valence-corrected chi connectivity index (χ4v) is 2.11. The number of benzene rings is 1. The summed E-state index contributed by atoms with van der Waals surface area (Å²) in [6.07, 6.45) is 1.58. The van der Waals surface area contributed by atoms with Gasteiger partial charge in [0, 0.05) is 18.3 Å². The molecule has 0 aliphatic heterocycles. The highest BCUT2D eigenvalue weighted by Gasteiger charge is 2.17. The fourth-order valence-electron chi connectivity index (χ4n) is 1.93. The van der Waals surface area contributed by atoms with Gasteiger partial charge in [-0.3, -0.25) is 14.6 Å². The predicted molar refractivity (Wildman–Crippen MR) is 100 cm³/mol. The molecule has 1 aromatic carbocycles. The van der Waals surface area contributed by atoms with Crippen LogP contribution < -0.4 is 4.74 Å². The summed E-state index contributed by atoms with van der Waals surface area (Å²) in [5.74, 6) is 0.254. The zero-order chi connectivity index (χ0) is 19.5. The number of aromatic nitrogens is 1. The Balaban J connectivity index is 0.00000163. The van der Waals surface area contributed by atoms with Crippen molar-refractivity contribution in [2.75, 3.05) is 20.7 Å². The molecule has 2 rings (SSSR count). The van der Waals surface area contributed by atoms with Crippen LogP contribution in [0, 0.1) is 0 Å². The van der Waals surface area contributed by atoms with Gasteiger partial charge in [0.05, 0.1) is 19.2 Å². The highest BCUT2D eigenvalue weighted by atomic mass is 35.5. The molecule has 0 radical (unpaired) electrons. The molecule has 0 N–H and O–H groups in total. The third-order valence-electron chi connectivity index (χ3n) is 3.21. The molecule has 140 valence electrons. The van der Waals surface area contributed by atoms with E-state index in [9.17, 15) is 9.59 Å². The Morgan fingerprint density at radius 2 is 1.92 bits per heavy atom. The van der Waals surface area contributed by atoms with Crippen molar-refractivity contribution in [3.8, 4) is 11.5 Å². The summed E-state index contributed by atoms with van der Waals surface area (Å²) >= 11 is 5.94. The van der Waals surface area contributed by atoms with E-state index in [1.807, 2.05) is 13.8 Å². The molecule has 0 aliphatic rings. The van der Waals surface area contributed by atoms with Crippen molar-refractivity contribution < 1.29 is 19.1 Å². The number of hydrogen-bond acceptors (Lipinski definition) is 5. The standard InChI is InChI=1S/C17H17ClN2O4.C2H6/c1-20(11-17(22)23-2)16(21)10-14-15(7-4-8-19-14)24-13-6-3-5-12(18)9-13;1-2/h3-9H,10-11H2,1-2H3;1-2H3. The number of pyridine rings is 1. The third-order valence-corrected chi connectivity index (χ3v) is 3.45. The summed E-state index contributed by atoms with van der Waals surface area (Å²) in [6.45, 7) is 3.88. The molecule has 0 saturated carbocycles. The average molecular weight is 379 g/mol. The Bertz CT molecular complexity index is 737. The van der Waals surface area contributed by atoms with Gasteiger partial charge in [0.1, 0.15) is 18.0 Å². The number of amides is 1.